The van der Waals surface area contributed by atoms with E-state index in [2.05, 4.69) is 15.6 Å². The largest absolute Gasteiger partial charge is 0.383 e. The van der Waals surface area contributed by atoms with Crippen LogP contribution < -0.4 is 10.6 Å². The van der Waals surface area contributed by atoms with Crippen LogP contribution in [0.25, 0.3) is 0 Å². The molecule has 0 bridgehead atoms. The highest BCUT2D eigenvalue weighted by Crippen LogP contribution is 2.13. The molecule has 0 spiro atoms. The highest BCUT2D eigenvalue weighted by molar-refractivity contribution is 5.94. The van der Waals surface area contributed by atoms with Gasteiger partial charge < -0.3 is 20.1 Å². The van der Waals surface area contributed by atoms with E-state index in [1.807, 2.05) is 0 Å². The number of amides is 1. The molecule has 0 saturated carbocycles. The third-order valence-electron chi connectivity index (χ3n) is 3.15. The molecule has 1 aliphatic rings. The van der Waals surface area contributed by atoms with Crippen LogP contribution in [0.15, 0.2) is 18.3 Å². The van der Waals surface area contributed by atoms with E-state index < -0.39 is 0 Å². The van der Waals surface area contributed by atoms with Crippen LogP contribution in [0.4, 0.5) is 5.82 Å². The van der Waals surface area contributed by atoms with Crippen LogP contribution in [0, 0.1) is 0 Å². The van der Waals surface area contributed by atoms with Crippen LogP contribution >= 0.6 is 0 Å². The first-order chi connectivity index (χ1) is 9.79. The zero-order valence-corrected chi connectivity index (χ0v) is 11.7. The SMILES string of the molecule is COCCNC(=O)c1ccnc(NCC2CCCO2)c1. The molecule has 6 nitrogen and oxygen atoms in total. The number of hydrogen-bond donors (Lipinski definition) is 2. The zero-order valence-electron chi connectivity index (χ0n) is 11.7. The van der Waals surface area contributed by atoms with Gasteiger partial charge in [0.15, 0.2) is 0 Å². The molecule has 1 amide bonds. The fraction of sp³-hybridized carbons (Fsp3) is 0.571. The average Bonchev–Trinajstić information content (AvgIpc) is 2.99. The molecule has 0 aliphatic carbocycles. The van der Waals surface area contributed by atoms with Gasteiger partial charge in [-0.3, -0.25) is 4.79 Å². The summed E-state index contributed by atoms with van der Waals surface area (Å²) in [6, 6.07) is 3.44. The van der Waals surface area contributed by atoms with Crippen LogP contribution in [0.5, 0.6) is 0 Å². The quantitative estimate of drug-likeness (QED) is 0.730. The average molecular weight is 279 g/mol. The summed E-state index contributed by atoms with van der Waals surface area (Å²) in [5.41, 5.74) is 0.589. The van der Waals surface area contributed by atoms with Gasteiger partial charge in [0.1, 0.15) is 5.82 Å². The van der Waals surface area contributed by atoms with Gasteiger partial charge in [-0.15, -0.1) is 0 Å². The number of hydrogen-bond acceptors (Lipinski definition) is 5. The number of carbonyl (C=O) groups excluding carboxylic acids is 1. The Morgan fingerprint density at radius 1 is 1.60 bits per heavy atom. The van der Waals surface area contributed by atoms with E-state index in [1.54, 1.807) is 25.4 Å². The van der Waals surface area contributed by atoms with Crippen molar-refractivity contribution in [1.29, 1.82) is 0 Å². The Morgan fingerprint density at radius 3 is 3.25 bits per heavy atom. The molecule has 20 heavy (non-hydrogen) atoms. The second-order valence-corrected chi connectivity index (χ2v) is 4.69. The van der Waals surface area contributed by atoms with Crippen LogP contribution in [0.3, 0.4) is 0 Å². The summed E-state index contributed by atoms with van der Waals surface area (Å²) < 4.78 is 10.4. The second kappa shape index (κ2) is 7.81. The maximum atomic E-state index is 11.9. The van der Waals surface area contributed by atoms with Gasteiger partial charge in [0, 0.05) is 38.6 Å². The second-order valence-electron chi connectivity index (χ2n) is 4.69. The van der Waals surface area contributed by atoms with Crippen LogP contribution in [0.2, 0.25) is 0 Å². The van der Waals surface area contributed by atoms with E-state index in [-0.39, 0.29) is 12.0 Å². The van der Waals surface area contributed by atoms with E-state index >= 15 is 0 Å². The Morgan fingerprint density at radius 2 is 2.50 bits per heavy atom. The number of nitrogens with one attached hydrogen (secondary N) is 2. The Bertz CT molecular complexity index is 433. The first-order valence-electron chi connectivity index (χ1n) is 6.88. The molecule has 1 aromatic heterocycles. The minimum absolute atomic E-state index is 0.121. The molecule has 2 rings (SSSR count). The molecule has 1 fully saturated rings. The van der Waals surface area contributed by atoms with Gasteiger partial charge in [0.05, 0.1) is 12.7 Å². The Hall–Kier alpha value is -1.66. The molecular weight excluding hydrogens is 258 g/mol. The van der Waals surface area contributed by atoms with Crippen molar-refractivity contribution in [2.24, 2.45) is 0 Å². The Balaban J connectivity index is 1.84. The van der Waals surface area contributed by atoms with Crippen molar-refractivity contribution in [3.05, 3.63) is 23.9 Å². The summed E-state index contributed by atoms with van der Waals surface area (Å²) in [7, 11) is 1.60. The van der Waals surface area contributed by atoms with Crippen molar-refractivity contribution < 1.29 is 14.3 Å². The van der Waals surface area contributed by atoms with Crippen molar-refractivity contribution in [2.45, 2.75) is 18.9 Å². The molecule has 1 unspecified atom stereocenters. The monoisotopic (exact) mass is 279 g/mol. The van der Waals surface area contributed by atoms with Crippen LogP contribution in [-0.4, -0.2) is 50.4 Å². The summed E-state index contributed by atoms with van der Waals surface area (Å²) in [6.45, 7) is 2.56. The molecular formula is C14H21N3O3. The fourth-order valence-electron chi connectivity index (χ4n) is 2.06. The van der Waals surface area contributed by atoms with Crippen molar-refractivity contribution in [2.75, 3.05) is 38.7 Å². The van der Waals surface area contributed by atoms with Crippen LogP contribution in [-0.2, 0) is 9.47 Å². The van der Waals surface area contributed by atoms with Crippen LogP contribution in [0.1, 0.15) is 23.2 Å². The predicted octanol–water partition coefficient (Wildman–Crippen LogP) is 1.05. The van der Waals surface area contributed by atoms with Gasteiger partial charge in [0.25, 0.3) is 5.91 Å². The minimum atomic E-state index is -0.121. The molecule has 6 heteroatoms. The Labute approximate surface area is 118 Å². The topological polar surface area (TPSA) is 72.5 Å². The number of pyridine rings is 1. The standard InChI is InChI=1S/C14H21N3O3/c1-19-8-6-16-14(18)11-4-5-15-13(9-11)17-10-12-3-2-7-20-12/h4-5,9,12H,2-3,6-8,10H2,1H3,(H,15,17)(H,16,18). The van der Waals surface area contributed by atoms with E-state index in [9.17, 15) is 4.79 Å². The van der Waals surface area contributed by atoms with Crippen molar-refractivity contribution >= 4 is 11.7 Å². The summed E-state index contributed by atoms with van der Waals surface area (Å²) in [6.07, 6.45) is 4.06. The van der Waals surface area contributed by atoms with Gasteiger partial charge in [-0.2, -0.15) is 0 Å². The number of nitrogens with zero attached hydrogens (tertiary/aromatic N) is 1. The molecule has 2 N–H and O–H groups in total. The van der Waals surface area contributed by atoms with Crippen molar-refractivity contribution in [3.63, 3.8) is 0 Å². The molecule has 110 valence electrons. The van der Waals surface area contributed by atoms with E-state index in [0.717, 1.165) is 26.0 Å². The fourth-order valence-corrected chi connectivity index (χ4v) is 2.06. The number of aromatic nitrogens is 1. The smallest absolute Gasteiger partial charge is 0.251 e. The van der Waals surface area contributed by atoms with Gasteiger partial charge in [-0.25, -0.2) is 4.98 Å². The molecule has 2 heterocycles. The molecule has 1 saturated heterocycles. The molecule has 1 aliphatic heterocycles. The molecule has 1 aromatic rings. The summed E-state index contributed by atoms with van der Waals surface area (Å²) in [5, 5.41) is 5.99. The number of methoxy groups -OCH3 is 1. The third kappa shape index (κ3) is 4.47. The summed E-state index contributed by atoms with van der Waals surface area (Å²) in [4.78, 5) is 16.1. The molecule has 0 radical (unpaired) electrons. The summed E-state index contributed by atoms with van der Waals surface area (Å²) >= 11 is 0. The predicted molar refractivity (Wildman–Crippen MR) is 75.9 cm³/mol. The molecule has 0 aromatic carbocycles. The van der Waals surface area contributed by atoms with Gasteiger partial charge in [0.2, 0.25) is 0 Å². The van der Waals surface area contributed by atoms with Gasteiger partial charge in [-0.1, -0.05) is 0 Å². The lowest BCUT2D eigenvalue weighted by Crippen LogP contribution is -2.27. The lowest BCUT2D eigenvalue weighted by molar-refractivity contribution is 0.0937. The maximum absolute atomic E-state index is 11.9. The van der Waals surface area contributed by atoms with E-state index in [1.165, 1.54) is 0 Å². The van der Waals surface area contributed by atoms with Gasteiger partial charge >= 0.3 is 0 Å². The van der Waals surface area contributed by atoms with E-state index in [0.29, 0.717) is 24.5 Å². The highest BCUT2D eigenvalue weighted by atomic mass is 16.5. The number of anilines is 1. The number of ether oxygens (including phenoxy) is 2. The minimum Gasteiger partial charge on any atom is -0.383 e. The maximum Gasteiger partial charge on any atom is 0.251 e. The van der Waals surface area contributed by atoms with E-state index in [4.69, 9.17) is 9.47 Å². The first kappa shape index (κ1) is 14.7. The first-order valence-corrected chi connectivity index (χ1v) is 6.88. The van der Waals surface area contributed by atoms with Gasteiger partial charge in [-0.05, 0) is 25.0 Å². The summed E-state index contributed by atoms with van der Waals surface area (Å²) in [5.74, 6) is 0.574. The lowest BCUT2D eigenvalue weighted by atomic mass is 10.2. The highest BCUT2D eigenvalue weighted by Gasteiger charge is 2.15. The lowest BCUT2D eigenvalue weighted by Gasteiger charge is -2.12. The number of rotatable bonds is 7. The number of carbonyl (C=O) groups is 1. The van der Waals surface area contributed by atoms with Crippen molar-refractivity contribution in [3.8, 4) is 0 Å². The normalized spacial score (nSPS) is 17.9. The third-order valence-corrected chi connectivity index (χ3v) is 3.15. The Kier molecular flexibility index (Phi) is 5.76. The molecule has 1 atom stereocenters. The van der Waals surface area contributed by atoms with Crippen molar-refractivity contribution in [1.82, 2.24) is 10.3 Å². The zero-order chi connectivity index (χ0) is 14.2.